The molecule has 1 fully saturated rings. The molecule has 0 bridgehead atoms. The van der Waals surface area contributed by atoms with E-state index in [1.54, 1.807) is 19.4 Å². The maximum absolute atomic E-state index is 12.3. The molecule has 1 aromatic heterocycles. The molecule has 1 aromatic carbocycles. The van der Waals surface area contributed by atoms with Gasteiger partial charge in [0.1, 0.15) is 5.75 Å². The van der Waals surface area contributed by atoms with Gasteiger partial charge >= 0.3 is 0 Å². The summed E-state index contributed by atoms with van der Waals surface area (Å²) in [4.78, 5) is 16.7. The molecule has 3 rings (SSSR count). The Morgan fingerprint density at radius 3 is 2.75 bits per heavy atom. The van der Waals surface area contributed by atoms with Gasteiger partial charge in [0.2, 0.25) is 0 Å². The molecule has 2 aromatic rings. The van der Waals surface area contributed by atoms with Crippen LogP contribution in [-0.2, 0) is 0 Å². The number of nitrogens with zero attached hydrogens (tertiary/aromatic N) is 2. The molecular weight excluding hydrogens is 306 g/mol. The number of rotatable bonds is 4. The summed E-state index contributed by atoms with van der Waals surface area (Å²) in [6.45, 7) is 1.16. The average molecular weight is 327 g/mol. The Morgan fingerprint density at radius 2 is 2.08 bits per heavy atom. The number of hydrogen-bond donors (Lipinski definition) is 2. The molecule has 0 radical (unpaired) electrons. The van der Waals surface area contributed by atoms with Gasteiger partial charge in [-0.05, 0) is 37.1 Å². The first-order chi connectivity index (χ1) is 11.7. The summed E-state index contributed by atoms with van der Waals surface area (Å²) in [6.07, 6.45) is 3.08. The minimum atomic E-state index is -0.129. The van der Waals surface area contributed by atoms with E-state index < -0.39 is 0 Å². The number of amides is 1. The van der Waals surface area contributed by atoms with Crippen LogP contribution in [-0.4, -0.2) is 47.4 Å². The van der Waals surface area contributed by atoms with Gasteiger partial charge in [-0.3, -0.25) is 9.78 Å². The summed E-state index contributed by atoms with van der Waals surface area (Å²) in [6, 6.07) is 11.3. The zero-order valence-electron chi connectivity index (χ0n) is 13.6. The SMILES string of the molecule is COc1cccc(-c2ccc(C(=O)NC3CCN(O)CC3)cn2)c1. The van der Waals surface area contributed by atoms with Crippen molar-refractivity contribution in [2.45, 2.75) is 18.9 Å². The van der Waals surface area contributed by atoms with E-state index in [1.807, 2.05) is 30.3 Å². The molecule has 0 saturated carbocycles. The second-order valence-electron chi connectivity index (χ2n) is 5.87. The molecule has 126 valence electrons. The fourth-order valence-corrected chi connectivity index (χ4v) is 2.76. The first-order valence-corrected chi connectivity index (χ1v) is 8.01. The van der Waals surface area contributed by atoms with Gasteiger partial charge in [-0.25, -0.2) is 0 Å². The van der Waals surface area contributed by atoms with Gasteiger partial charge in [0.15, 0.2) is 0 Å². The molecule has 0 atom stereocenters. The Kier molecular flexibility index (Phi) is 5.08. The van der Waals surface area contributed by atoms with Gasteiger partial charge in [0.25, 0.3) is 5.91 Å². The number of hydrogen-bond acceptors (Lipinski definition) is 5. The van der Waals surface area contributed by atoms with Crippen LogP contribution in [0, 0.1) is 0 Å². The van der Waals surface area contributed by atoms with Gasteiger partial charge in [0.05, 0.1) is 18.4 Å². The van der Waals surface area contributed by atoms with Crippen molar-refractivity contribution in [1.82, 2.24) is 15.4 Å². The quantitative estimate of drug-likeness (QED) is 0.901. The summed E-state index contributed by atoms with van der Waals surface area (Å²) >= 11 is 0. The molecule has 0 spiro atoms. The number of hydroxylamine groups is 2. The van der Waals surface area contributed by atoms with Crippen LogP contribution in [0.4, 0.5) is 0 Å². The van der Waals surface area contributed by atoms with Crippen LogP contribution in [0.2, 0.25) is 0 Å². The van der Waals surface area contributed by atoms with Gasteiger partial charge < -0.3 is 15.3 Å². The van der Waals surface area contributed by atoms with Crippen LogP contribution in [0.25, 0.3) is 11.3 Å². The van der Waals surface area contributed by atoms with E-state index in [0.717, 1.165) is 29.8 Å². The van der Waals surface area contributed by atoms with Crippen LogP contribution in [0.3, 0.4) is 0 Å². The van der Waals surface area contributed by atoms with Crippen LogP contribution < -0.4 is 10.1 Å². The van der Waals surface area contributed by atoms with Crippen molar-refractivity contribution in [3.05, 3.63) is 48.2 Å². The van der Waals surface area contributed by atoms with Gasteiger partial charge in [-0.2, -0.15) is 5.06 Å². The van der Waals surface area contributed by atoms with Crippen molar-refractivity contribution in [1.29, 1.82) is 0 Å². The number of ether oxygens (including phenoxy) is 1. The molecule has 2 N–H and O–H groups in total. The van der Waals surface area contributed by atoms with E-state index in [0.29, 0.717) is 18.7 Å². The third-order valence-corrected chi connectivity index (χ3v) is 4.20. The van der Waals surface area contributed by atoms with Crippen molar-refractivity contribution in [2.24, 2.45) is 0 Å². The van der Waals surface area contributed by atoms with Gasteiger partial charge in [-0.1, -0.05) is 12.1 Å². The third kappa shape index (κ3) is 3.90. The number of benzene rings is 1. The fourth-order valence-electron chi connectivity index (χ4n) is 2.76. The standard InChI is InChI=1S/C18H21N3O3/c1-24-16-4-2-3-13(11-16)17-6-5-14(12-19-17)18(22)20-15-7-9-21(23)10-8-15/h2-6,11-12,15,23H,7-10H2,1H3,(H,20,22). The average Bonchev–Trinajstić information content (AvgIpc) is 2.64. The molecule has 1 aliphatic heterocycles. The van der Waals surface area contributed by atoms with Crippen LogP contribution in [0.1, 0.15) is 23.2 Å². The Balaban J connectivity index is 1.66. The van der Waals surface area contributed by atoms with E-state index >= 15 is 0 Å². The topological polar surface area (TPSA) is 74.7 Å². The van der Waals surface area contributed by atoms with E-state index in [1.165, 1.54) is 5.06 Å². The van der Waals surface area contributed by atoms with Crippen molar-refractivity contribution in [3.8, 4) is 17.0 Å². The zero-order valence-corrected chi connectivity index (χ0v) is 13.6. The largest absolute Gasteiger partial charge is 0.497 e. The van der Waals surface area contributed by atoms with E-state index in [9.17, 15) is 10.0 Å². The maximum atomic E-state index is 12.3. The minimum Gasteiger partial charge on any atom is -0.497 e. The number of nitrogens with one attached hydrogen (secondary N) is 1. The minimum absolute atomic E-state index is 0.0963. The van der Waals surface area contributed by atoms with E-state index in [-0.39, 0.29) is 11.9 Å². The van der Waals surface area contributed by atoms with Crippen molar-refractivity contribution >= 4 is 5.91 Å². The van der Waals surface area contributed by atoms with Crippen LogP contribution >= 0.6 is 0 Å². The monoisotopic (exact) mass is 327 g/mol. The highest BCUT2D eigenvalue weighted by molar-refractivity contribution is 5.94. The smallest absolute Gasteiger partial charge is 0.253 e. The number of piperidine rings is 1. The summed E-state index contributed by atoms with van der Waals surface area (Å²) in [5.74, 6) is 0.641. The summed E-state index contributed by atoms with van der Waals surface area (Å²) in [5, 5.41) is 13.6. The molecular formula is C18H21N3O3. The third-order valence-electron chi connectivity index (χ3n) is 4.20. The highest BCUT2D eigenvalue weighted by atomic mass is 16.5. The predicted octanol–water partition coefficient (Wildman–Crippen LogP) is 2.34. The molecule has 2 heterocycles. The molecule has 6 heteroatoms. The van der Waals surface area contributed by atoms with Crippen molar-refractivity contribution in [3.63, 3.8) is 0 Å². The normalized spacial score (nSPS) is 15.9. The Morgan fingerprint density at radius 1 is 1.29 bits per heavy atom. The number of methoxy groups -OCH3 is 1. The van der Waals surface area contributed by atoms with Crippen molar-refractivity contribution < 1.29 is 14.7 Å². The van der Waals surface area contributed by atoms with Crippen LogP contribution in [0.15, 0.2) is 42.6 Å². The molecule has 1 amide bonds. The summed E-state index contributed by atoms with van der Waals surface area (Å²) < 4.78 is 5.22. The first kappa shape index (κ1) is 16.4. The Labute approximate surface area is 141 Å². The highest BCUT2D eigenvalue weighted by Crippen LogP contribution is 2.22. The number of carbonyl (C=O) groups is 1. The first-order valence-electron chi connectivity index (χ1n) is 8.01. The molecule has 24 heavy (non-hydrogen) atoms. The Hall–Kier alpha value is -2.44. The molecule has 1 saturated heterocycles. The number of carbonyl (C=O) groups excluding carboxylic acids is 1. The molecule has 6 nitrogen and oxygen atoms in total. The fraction of sp³-hybridized carbons (Fsp3) is 0.333. The maximum Gasteiger partial charge on any atom is 0.253 e. The lowest BCUT2D eigenvalue weighted by Crippen LogP contribution is -2.43. The molecule has 0 aliphatic carbocycles. The Bertz CT molecular complexity index is 695. The summed E-state index contributed by atoms with van der Waals surface area (Å²) in [7, 11) is 1.63. The van der Waals surface area contributed by atoms with E-state index in [4.69, 9.17) is 4.74 Å². The predicted molar refractivity (Wildman–Crippen MR) is 90.1 cm³/mol. The van der Waals surface area contributed by atoms with Crippen LogP contribution in [0.5, 0.6) is 5.75 Å². The number of pyridine rings is 1. The lowest BCUT2D eigenvalue weighted by molar-refractivity contribution is -0.107. The molecule has 1 aliphatic rings. The second kappa shape index (κ2) is 7.42. The van der Waals surface area contributed by atoms with Crippen molar-refractivity contribution in [2.75, 3.05) is 20.2 Å². The van der Waals surface area contributed by atoms with Gasteiger partial charge in [0, 0.05) is 30.9 Å². The lowest BCUT2D eigenvalue weighted by atomic mass is 10.1. The van der Waals surface area contributed by atoms with Gasteiger partial charge in [-0.15, -0.1) is 0 Å². The highest BCUT2D eigenvalue weighted by Gasteiger charge is 2.20. The lowest BCUT2D eigenvalue weighted by Gasteiger charge is -2.28. The molecule has 0 unspecified atom stereocenters. The summed E-state index contributed by atoms with van der Waals surface area (Å²) in [5.41, 5.74) is 2.27. The number of aromatic nitrogens is 1. The zero-order chi connectivity index (χ0) is 16.9. The van der Waals surface area contributed by atoms with E-state index in [2.05, 4.69) is 10.3 Å². The second-order valence-corrected chi connectivity index (χ2v) is 5.87.